The van der Waals surface area contributed by atoms with Gasteiger partial charge >= 0.3 is 0 Å². The number of nitrogens with one attached hydrogen (secondary N) is 1. The Labute approximate surface area is 129 Å². The van der Waals surface area contributed by atoms with Gasteiger partial charge in [0.05, 0.1) is 11.1 Å². The molecule has 4 rings (SSSR count). The normalized spacial score (nSPS) is 31.2. The molecule has 0 aromatic heterocycles. The standard InChI is InChI=1S/C17H18ClFN2/c18-13-8-10(4-5-14(13)19)17-11-2-1-3-15(11)21-16-9-20-7-6-12(16)17/h4-6,8,11,16-17,20H,1-3,7,9H2. The highest BCUT2D eigenvalue weighted by molar-refractivity contribution is 6.30. The molecule has 0 bridgehead atoms. The van der Waals surface area contributed by atoms with Crippen LogP contribution in [0.15, 0.2) is 34.8 Å². The lowest BCUT2D eigenvalue weighted by Gasteiger charge is -2.37. The molecule has 1 aromatic rings. The molecular weight excluding hydrogens is 287 g/mol. The first-order valence-electron chi connectivity index (χ1n) is 7.66. The van der Waals surface area contributed by atoms with Crippen LogP contribution in [0.5, 0.6) is 0 Å². The third-order valence-electron chi connectivity index (χ3n) is 4.97. The lowest BCUT2D eigenvalue weighted by Crippen LogP contribution is -2.40. The molecule has 0 radical (unpaired) electrons. The van der Waals surface area contributed by atoms with Crippen molar-refractivity contribution < 1.29 is 4.39 Å². The number of benzene rings is 1. The highest BCUT2D eigenvalue weighted by Crippen LogP contribution is 2.46. The molecule has 2 nitrogen and oxygen atoms in total. The van der Waals surface area contributed by atoms with Gasteiger partial charge in [0.2, 0.25) is 0 Å². The van der Waals surface area contributed by atoms with Gasteiger partial charge in [0.1, 0.15) is 5.82 Å². The molecule has 1 aromatic carbocycles. The maximum Gasteiger partial charge on any atom is 0.141 e. The molecule has 1 aliphatic carbocycles. The summed E-state index contributed by atoms with van der Waals surface area (Å²) in [6, 6.07) is 5.45. The summed E-state index contributed by atoms with van der Waals surface area (Å²) in [5, 5.41) is 3.61. The largest absolute Gasteiger partial charge is 0.311 e. The van der Waals surface area contributed by atoms with Crippen molar-refractivity contribution in [3.05, 3.63) is 46.3 Å². The highest BCUT2D eigenvalue weighted by Gasteiger charge is 2.40. The Morgan fingerprint density at radius 3 is 3.10 bits per heavy atom. The van der Waals surface area contributed by atoms with Crippen LogP contribution in [0.3, 0.4) is 0 Å². The van der Waals surface area contributed by atoms with Crippen molar-refractivity contribution >= 4 is 17.3 Å². The Hall–Kier alpha value is -1.19. The number of fused-ring (bicyclic) bond motifs is 2. The topological polar surface area (TPSA) is 24.4 Å². The molecule has 110 valence electrons. The fourth-order valence-electron chi connectivity index (χ4n) is 4.06. The van der Waals surface area contributed by atoms with E-state index in [1.165, 1.54) is 30.2 Å². The molecule has 3 aliphatic rings. The Balaban J connectivity index is 1.82. The van der Waals surface area contributed by atoms with Gasteiger partial charge in [0, 0.05) is 30.6 Å². The van der Waals surface area contributed by atoms with Crippen molar-refractivity contribution in [1.29, 1.82) is 0 Å². The van der Waals surface area contributed by atoms with Crippen molar-refractivity contribution in [2.75, 3.05) is 13.1 Å². The fourth-order valence-corrected chi connectivity index (χ4v) is 4.24. The molecule has 1 saturated carbocycles. The van der Waals surface area contributed by atoms with Crippen LogP contribution >= 0.6 is 11.6 Å². The van der Waals surface area contributed by atoms with Crippen LogP contribution in [0.1, 0.15) is 30.7 Å². The third kappa shape index (κ3) is 2.23. The van der Waals surface area contributed by atoms with Crippen LogP contribution in [-0.2, 0) is 0 Å². The van der Waals surface area contributed by atoms with Gasteiger partial charge in [-0.2, -0.15) is 0 Å². The summed E-state index contributed by atoms with van der Waals surface area (Å²) in [7, 11) is 0. The van der Waals surface area contributed by atoms with Crippen LogP contribution in [0.25, 0.3) is 0 Å². The summed E-state index contributed by atoms with van der Waals surface area (Å²) in [6.45, 7) is 1.81. The Morgan fingerprint density at radius 1 is 1.33 bits per heavy atom. The highest BCUT2D eigenvalue weighted by atomic mass is 35.5. The molecular formula is C17H18ClFN2. The molecule has 2 heterocycles. The molecule has 1 fully saturated rings. The van der Waals surface area contributed by atoms with Gasteiger partial charge in [-0.1, -0.05) is 23.7 Å². The summed E-state index contributed by atoms with van der Waals surface area (Å²) < 4.78 is 13.5. The summed E-state index contributed by atoms with van der Waals surface area (Å²) in [4.78, 5) is 4.96. The summed E-state index contributed by atoms with van der Waals surface area (Å²) in [5.41, 5.74) is 3.89. The van der Waals surface area contributed by atoms with E-state index in [1.54, 1.807) is 0 Å². The van der Waals surface area contributed by atoms with E-state index in [9.17, 15) is 4.39 Å². The number of halogens is 2. The first-order chi connectivity index (χ1) is 10.2. The minimum atomic E-state index is -0.340. The molecule has 3 atom stereocenters. The first-order valence-corrected chi connectivity index (χ1v) is 8.04. The van der Waals surface area contributed by atoms with E-state index in [0.717, 1.165) is 25.1 Å². The lowest BCUT2D eigenvalue weighted by atomic mass is 9.73. The molecule has 0 spiro atoms. The molecule has 2 aliphatic heterocycles. The summed E-state index contributed by atoms with van der Waals surface area (Å²) in [5.74, 6) is 0.463. The zero-order valence-electron chi connectivity index (χ0n) is 11.8. The molecule has 4 heteroatoms. The second-order valence-corrected chi connectivity index (χ2v) is 6.56. The van der Waals surface area contributed by atoms with E-state index in [0.29, 0.717) is 11.8 Å². The minimum absolute atomic E-state index is 0.223. The van der Waals surface area contributed by atoms with Gasteiger partial charge < -0.3 is 5.32 Å². The quantitative estimate of drug-likeness (QED) is 0.786. The number of aliphatic imine (C=N–C) groups is 1. The van der Waals surface area contributed by atoms with Crippen molar-refractivity contribution in [3.8, 4) is 0 Å². The van der Waals surface area contributed by atoms with Crippen molar-refractivity contribution in [1.82, 2.24) is 5.32 Å². The van der Waals surface area contributed by atoms with Gasteiger partial charge in [-0.25, -0.2) is 4.39 Å². The molecule has 1 N–H and O–H groups in total. The average Bonchev–Trinajstić information content (AvgIpc) is 2.95. The van der Waals surface area contributed by atoms with E-state index >= 15 is 0 Å². The van der Waals surface area contributed by atoms with Crippen LogP contribution < -0.4 is 5.32 Å². The SMILES string of the molecule is Fc1ccc(C2C3=CCNCC3N=C3CCCC32)cc1Cl. The van der Waals surface area contributed by atoms with Crippen LogP contribution in [0, 0.1) is 11.7 Å². The zero-order chi connectivity index (χ0) is 14.4. The van der Waals surface area contributed by atoms with Crippen LogP contribution in [0.2, 0.25) is 5.02 Å². The minimum Gasteiger partial charge on any atom is -0.311 e. The summed E-state index contributed by atoms with van der Waals surface area (Å²) >= 11 is 6.01. The molecule has 3 unspecified atom stereocenters. The van der Waals surface area contributed by atoms with E-state index in [-0.39, 0.29) is 16.9 Å². The van der Waals surface area contributed by atoms with Gasteiger partial charge in [-0.15, -0.1) is 0 Å². The van der Waals surface area contributed by atoms with E-state index < -0.39 is 0 Å². The van der Waals surface area contributed by atoms with Crippen LogP contribution in [-0.4, -0.2) is 24.8 Å². The maximum atomic E-state index is 13.5. The van der Waals surface area contributed by atoms with Crippen LogP contribution in [0.4, 0.5) is 4.39 Å². The van der Waals surface area contributed by atoms with Crippen molar-refractivity contribution in [3.63, 3.8) is 0 Å². The van der Waals surface area contributed by atoms with Gasteiger partial charge in [0.15, 0.2) is 0 Å². The molecule has 0 saturated heterocycles. The second-order valence-electron chi connectivity index (χ2n) is 6.15. The number of hydrogen-bond acceptors (Lipinski definition) is 2. The Morgan fingerprint density at radius 2 is 2.24 bits per heavy atom. The Bertz CT molecular complexity index is 638. The third-order valence-corrected chi connectivity index (χ3v) is 5.26. The second kappa shape index (κ2) is 5.22. The Kier molecular flexibility index (Phi) is 3.35. The fraction of sp³-hybridized carbons (Fsp3) is 0.471. The predicted molar refractivity (Wildman–Crippen MR) is 83.7 cm³/mol. The summed E-state index contributed by atoms with van der Waals surface area (Å²) in [6.07, 6.45) is 5.77. The zero-order valence-corrected chi connectivity index (χ0v) is 12.5. The van der Waals surface area contributed by atoms with Gasteiger partial charge in [-0.05, 0) is 42.5 Å². The van der Waals surface area contributed by atoms with Gasteiger partial charge in [0.25, 0.3) is 0 Å². The lowest BCUT2D eigenvalue weighted by molar-refractivity contribution is 0.491. The first kappa shape index (κ1) is 13.5. The van der Waals surface area contributed by atoms with E-state index in [1.807, 2.05) is 12.1 Å². The number of nitrogens with zero attached hydrogens (tertiary/aromatic N) is 1. The van der Waals surface area contributed by atoms with Crippen molar-refractivity contribution in [2.24, 2.45) is 10.9 Å². The number of rotatable bonds is 1. The van der Waals surface area contributed by atoms with E-state index in [4.69, 9.17) is 16.6 Å². The van der Waals surface area contributed by atoms with Gasteiger partial charge in [-0.3, -0.25) is 4.99 Å². The monoisotopic (exact) mass is 304 g/mol. The molecule has 0 amide bonds. The van der Waals surface area contributed by atoms with Crippen molar-refractivity contribution in [2.45, 2.75) is 31.2 Å². The smallest absolute Gasteiger partial charge is 0.141 e. The maximum absolute atomic E-state index is 13.5. The number of hydrogen-bond donors (Lipinski definition) is 1. The van der Waals surface area contributed by atoms with E-state index in [2.05, 4.69) is 11.4 Å². The molecule has 21 heavy (non-hydrogen) atoms. The average molecular weight is 305 g/mol. The predicted octanol–water partition coefficient (Wildman–Crippen LogP) is 3.72.